The quantitative estimate of drug-likeness (QED) is 0.902. The lowest BCUT2D eigenvalue weighted by Gasteiger charge is -2.10. The van der Waals surface area contributed by atoms with Crippen molar-refractivity contribution in [3.05, 3.63) is 30.1 Å². The molecule has 2 rings (SSSR count). The summed E-state index contributed by atoms with van der Waals surface area (Å²) in [5.74, 6) is -0.903. The lowest BCUT2D eigenvalue weighted by atomic mass is 10.2. The van der Waals surface area contributed by atoms with Crippen LogP contribution >= 0.6 is 11.8 Å². The molecule has 1 atom stereocenters. The molecule has 1 N–H and O–H groups in total. The Labute approximate surface area is 110 Å². The number of carboxylic acid groups (broad SMARTS) is 1. The minimum Gasteiger partial charge on any atom is -0.478 e. The number of thioether (sulfide) groups is 1. The van der Waals surface area contributed by atoms with Gasteiger partial charge in [0.05, 0.1) is 22.9 Å². The number of para-hydroxylation sites is 1. The standard InChI is InChI=1S/C13H16N2O2S/c1-9(18-2)6-7-15-8-14-11-5-3-4-10(12(11)15)13(16)17/h3-5,8-9H,6-7H2,1-2H3,(H,16,17). The fraction of sp³-hybridized carbons (Fsp3) is 0.385. The number of aromatic nitrogens is 2. The third kappa shape index (κ3) is 2.51. The Morgan fingerprint density at radius 1 is 1.56 bits per heavy atom. The van der Waals surface area contributed by atoms with E-state index in [1.54, 1.807) is 18.5 Å². The Hall–Kier alpha value is -1.49. The topological polar surface area (TPSA) is 55.1 Å². The van der Waals surface area contributed by atoms with Gasteiger partial charge in [-0.15, -0.1) is 0 Å². The average molecular weight is 264 g/mol. The summed E-state index contributed by atoms with van der Waals surface area (Å²) < 4.78 is 1.94. The highest BCUT2D eigenvalue weighted by molar-refractivity contribution is 7.99. The van der Waals surface area contributed by atoms with E-state index in [1.165, 1.54) is 0 Å². The van der Waals surface area contributed by atoms with Crippen LogP contribution in [0.3, 0.4) is 0 Å². The van der Waals surface area contributed by atoms with Gasteiger partial charge in [-0.25, -0.2) is 9.78 Å². The summed E-state index contributed by atoms with van der Waals surface area (Å²) in [5, 5.41) is 9.76. The Bertz CT molecular complexity index is 565. The number of hydrogen-bond donors (Lipinski definition) is 1. The van der Waals surface area contributed by atoms with E-state index >= 15 is 0 Å². The number of fused-ring (bicyclic) bond motifs is 1. The molecular formula is C13H16N2O2S. The predicted octanol–water partition coefficient (Wildman–Crippen LogP) is 2.88. The van der Waals surface area contributed by atoms with E-state index in [-0.39, 0.29) is 0 Å². The van der Waals surface area contributed by atoms with Crippen molar-refractivity contribution < 1.29 is 9.90 Å². The molecular weight excluding hydrogens is 248 g/mol. The number of benzene rings is 1. The first kappa shape index (κ1) is 13.0. The summed E-state index contributed by atoms with van der Waals surface area (Å²) in [7, 11) is 0. The van der Waals surface area contributed by atoms with Crippen molar-refractivity contribution in [2.75, 3.05) is 6.26 Å². The highest BCUT2D eigenvalue weighted by Gasteiger charge is 2.13. The van der Waals surface area contributed by atoms with Gasteiger partial charge in [0, 0.05) is 11.8 Å². The van der Waals surface area contributed by atoms with E-state index in [4.69, 9.17) is 0 Å². The molecule has 0 amide bonds. The molecule has 0 aliphatic rings. The molecule has 0 saturated heterocycles. The molecule has 1 aromatic heterocycles. The molecule has 0 aliphatic carbocycles. The van der Waals surface area contributed by atoms with Gasteiger partial charge in [-0.3, -0.25) is 0 Å². The molecule has 2 aromatic rings. The van der Waals surface area contributed by atoms with Gasteiger partial charge in [0.15, 0.2) is 0 Å². The molecule has 96 valence electrons. The fourth-order valence-electron chi connectivity index (χ4n) is 1.91. The van der Waals surface area contributed by atoms with Gasteiger partial charge in [0.25, 0.3) is 0 Å². The maximum absolute atomic E-state index is 11.2. The van der Waals surface area contributed by atoms with Crippen LogP contribution in [0.4, 0.5) is 0 Å². The van der Waals surface area contributed by atoms with Crippen LogP contribution in [0.1, 0.15) is 23.7 Å². The molecule has 5 heteroatoms. The zero-order valence-corrected chi connectivity index (χ0v) is 11.3. The van der Waals surface area contributed by atoms with E-state index in [9.17, 15) is 9.90 Å². The number of nitrogens with zero attached hydrogens (tertiary/aromatic N) is 2. The summed E-state index contributed by atoms with van der Waals surface area (Å²) in [6.45, 7) is 2.96. The second-order valence-electron chi connectivity index (χ2n) is 4.25. The minimum absolute atomic E-state index is 0.321. The molecule has 4 nitrogen and oxygen atoms in total. The lowest BCUT2D eigenvalue weighted by Crippen LogP contribution is -2.06. The molecule has 0 saturated carbocycles. The monoisotopic (exact) mass is 264 g/mol. The van der Waals surface area contributed by atoms with Crippen molar-refractivity contribution in [3.8, 4) is 0 Å². The molecule has 0 fully saturated rings. The van der Waals surface area contributed by atoms with Crippen LogP contribution in [0.5, 0.6) is 0 Å². The van der Waals surface area contributed by atoms with E-state index in [1.807, 2.05) is 22.4 Å². The van der Waals surface area contributed by atoms with Gasteiger partial charge < -0.3 is 9.67 Å². The highest BCUT2D eigenvalue weighted by atomic mass is 32.2. The fourth-order valence-corrected chi connectivity index (χ4v) is 2.25. The van der Waals surface area contributed by atoms with Crippen LogP contribution in [0.2, 0.25) is 0 Å². The smallest absolute Gasteiger partial charge is 0.337 e. The van der Waals surface area contributed by atoms with Gasteiger partial charge >= 0.3 is 5.97 Å². The van der Waals surface area contributed by atoms with Crippen LogP contribution in [-0.4, -0.2) is 32.1 Å². The van der Waals surface area contributed by atoms with Gasteiger partial charge in [0.1, 0.15) is 0 Å². The first-order valence-electron chi connectivity index (χ1n) is 5.83. The number of hydrogen-bond acceptors (Lipinski definition) is 3. The lowest BCUT2D eigenvalue weighted by molar-refractivity contribution is 0.0698. The molecule has 18 heavy (non-hydrogen) atoms. The van der Waals surface area contributed by atoms with E-state index in [0.29, 0.717) is 10.8 Å². The van der Waals surface area contributed by atoms with E-state index in [2.05, 4.69) is 18.2 Å². The Morgan fingerprint density at radius 3 is 3.00 bits per heavy atom. The largest absolute Gasteiger partial charge is 0.478 e. The van der Waals surface area contributed by atoms with Crippen molar-refractivity contribution in [1.82, 2.24) is 9.55 Å². The third-order valence-electron chi connectivity index (χ3n) is 3.05. The highest BCUT2D eigenvalue weighted by Crippen LogP contribution is 2.20. The number of aryl methyl sites for hydroxylation is 1. The zero-order valence-electron chi connectivity index (χ0n) is 10.5. The number of carbonyl (C=O) groups is 1. The summed E-state index contributed by atoms with van der Waals surface area (Å²) in [6.07, 6.45) is 4.81. The molecule has 1 unspecified atom stereocenters. The van der Waals surface area contributed by atoms with Gasteiger partial charge in [0.2, 0.25) is 0 Å². The van der Waals surface area contributed by atoms with Crippen LogP contribution < -0.4 is 0 Å². The molecule has 0 aliphatic heterocycles. The van der Waals surface area contributed by atoms with Crippen LogP contribution in [-0.2, 0) is 6.54 Å². The van der Waals surface area contributed by atoms with Gasteiger partial charge in [-0.1, -0.05) is 13.0 Å². The van der Waals surface area contributed by atoms with Crippen molar-refractivity contribution in [3.63, 3.8) is 0 Å². The normalized spacial score (nSPS) is 12.8. The van der Waals surface area contributed by atoms with Crippen molar-refractivity contribution in [2.24, 2.45) is 0 Å². The summed E-state index contributed by atoms with van der Waals surface area (Å²) in [4.78, 5) is 15.5. The maximum atomic E-state index is 11.2. The van der Waals surface area contributed by atoms with Crippen LogP contribution in [0.15, 0.2) is 24.5 Å². The Balaban J connectivity index is 2.36. The van der Waals surface area contributed by atoms with Crippen LogP contribution in [0, 0.1) is 0 Å². The van der Waals surface area contributed by atoms with Crippen molar-refractivity contribution in [1.29, 1.82) is 0 Å². The molecule has 1 heterocycles. The summed E-state index contributed by atoms with van der Waals surface area (Å²) >= 11 is 1.81. The number of imidazole rings is 1. The number of carboxylic acids is 1. The SMILES string of the molecule is CSC(C)CCn1cnc2cccc(C(=O)O)c21. The Kier molecular flexibility index (Phi) is 3.91. The molecule has 0 bridgehead atoms. The first-order chi connectivity index (χ1) is 8.63. The molecule has 0 radical (unpaired) electrons. The average Bonchev–Trinajstić information content (AvgIpc) is 2.78. The van der Waals surface area contributed by atoms with Crippen molar-refractivity contribution >= 4 is 28.8 Å². The number of rotatable bonds is 5. The summed E-state index contributed by atoms with van der Waals surface area (Å²) in [6, 6.07) is 5.20. The second kappa shape index (κ2) is 5.44. The third-order valence-corrected chi connectivity index (χ3v) is 4.09. The van der Waals surface area contributed by atoms with Gasteiger partial charge in [-0.2, -0.15) is 11.8 Å². The second-order valence-corrected chi connectivity index (χ2v) is 5.53. The van der Waals surface area contributed by atoms with Gasteiger partial charge in [-0.05, 0) is 24.8 Å². The summed E-state index contributed by atoms with van der Waals surface area (Å²) in [5.41, 5.74) is 1.78. The first-order valence-corrected chi connectivity index (χ1v) is 7.12. The molecule has 1 aromatic carbocycles. The minimum atomic E-state index is -0.903. The van der Waals surface area contributed by atoms with Crippen molar-refractivity contribution in [2.45, 2.75) is 25.1 Å². The number of aromatic carboxylic acids is 1. The molecule has 0 spiro atoms. The van der Waals surface area contributed by atoms with Crippen LogP contribution in [0.25, 0.3) is 11.0 Å². The van der Waals surface area contributed by atoms with E-state index in [0.717, 1.165) is 24.0 Å². The Morgan fingerprint density at radius 2 is 2.33 bits per heavy atom. The predicted molar refractivity (Wildman–Crippen MR) is 74.3 cm³/mol. The zero-order chi connectivity index (χ0) is 13.1. The van der Waals surface area contributed by atoms with E-state index < -0.39 is 5.97 Å². The maximum Gasteiger partial charge on any atom is 0.337 e.